The Bertz CT molecular complexity index is 1270. The smallest absolute Gasteiger partial charge is 0.263 e. The highest BCUT2D eigenvalue weighted by Crippen LogP contribution is 2.25. The molecule has 0 radical (unpaired) electrons. The van der Waals surface area contributed by atoms with Gasteiger partial charge in [0.2, 0.25) is 5.95 Å². The minimum atomic E-state index is -0.195. The number of benzene rings is 2. The molecule has 158 valence electrons. The number of fused-ring (bicyclic) bond motifs is 2. The third kappa shape index (κ3) is 3.72. The van der Waals surface area contributed by atoms with Gasteiger partial charge in [-0.15, -0.1) is 0 Å². The Morgan fingerprint density at radius 1 is 1.06 bits per heavy atom. The SMILES string of the molecule is CC(C)(CNc1nc2c(cnn2-c2ccccc2)c(=O)[nH]1)N1CCc2ccccc2C1. The van der Waals surface area contributed by atoms with Crippen molar-refractivity contribution in [3.05, 3.63) is 82.3 Å². The summed E-state index contributed by atoms with van der Waals surface area (Å²) in [7, 11) is 0. The van der Waals surface area contributed by atoms with Crippen molar-refractivity contribution in [2.75, 3.05) is 18.4 Å². The quantitative estimate of drug-likeness (QED) is 0.524. The molecule has 0 unspecified atom stereocenters. The van der Waals surface area contributed by atoms with Gasteiger partial charge >= 0.3 is 0 Å². The lowest BCUT2D eigenvalue weighted by Crippen LogP contribution is -2.50. The number of nitrogens with one attached hydrogen (secondary N) is 2. The largest absolute Gasteiger partial charge is 0.354 e. The molecule has 0 bridgehead atoms. The first-order valence-electron chi connectivity index (χ1n) is 10.6. The zero-order valence-electron chi connectivity index (χ0n) is 17.8. The van der Waals surface area contributed by atoms with Crippen LogP contribution in [0.4, 0.5) is 5.95 Å². The molecule has 0 atom stereocenters. The molecule has 2 aromatic carbocycles. The Morgan fingerprint density at radius 3 is 2.61 bits per heavy atom. The lowest BCUT2D eigenvalue weighted by atomic mass is 9.94. The van der Waals surface area contributed by atoms with Crippen LogP contribution in [0.25, 0.3) is 16.7 Å². The molecule has 0 spiro atoms. The first kappa shape index (κ1) is 19.5. The van der Waals surface area contributed by atoms with E-state index in [1.54, 1.807) is 10.9 Å². The topological polar surface area (TPSA) is 78.8 Å². The van der Waals surface area contributed by atoms with Crippen LogP contribution in [0.2, 0.25) is 0 Å². The molecule has 7 heteroatoms. The second-order valence-corrected chi connectivity index (χ2v) is 8.65. The van der Waals surface area contributed by atoms with Crippen molar-refractivity contribution in [1.82, 2.24) is 24.6 Å². The van der Waals surface area contributed by atoms with E-state index in [1.165, 1.54) is 11.1 Å². The average molecular weight is 415 g/mol. The Morgan fingerprint density at radius 2 is 1.81 bits per heavy atom. The minimum Gasteiger partial charge on any atom is -0.354 e. The maximum Gasteiger partial charge on any atom is 0.263 e. The first-order chi connectivity index (χ1) is 15.0. The molecule has 0 amide bonds. The Kier molecular flexibility index (Phi) is 4.82. The molecule has 7 nitrogen and oxygen atoms in total. The summed E-state index contributed by atoms with van der Waals surface area (Å²) in [5, 5.41) is 8.20. The van der Waals surface area contributed by atoms with E-state index in [0.29, 0.717) is 23.5 Å². The molecule has 2 aromatic heterocycles. The van der Waals surface area contributed by atoms with Gasteiger partial charge in [-0.3, -0.25) is 14.7 Å². The predicted octanol–water partition coefficient (Wildman–Crippen LogP) is 3.36. The maximum atomic E-state index is 12.6. The van der Waals surface area contributed by atoms with Gasteiger partial charge in [0.1, 0.15) is 5.39 Å². The third-order valence-electron chi connectivity index (χ3n) is 6.11. The van der Waals surface area contributed by atoms with E-state index in [9.17, 15) is 4.79 Å². The second kappa shape index (κ2) is 7.67. The van der Waals surface area contributed by atoms with Gasteiger partial charge in [-0.25, -0.2) is 4.68 Å². The van der Waals surface area contributed by atoms with E-state index in [2.05, 4.69) is 63.4 Å². The summed E-state index contributed by atoms with van der Waals surface area (Å²) >= 11 is 0. The van der Waals surface area contributed by atoms with Gasteiger partial charge in [0, 0.05) is 25.2 Å². The standard InChI is InChI=1S/C24H26N6O/c1-24(2,29-13-12-17-8-6-7-9-18(17)15-29)16-25-23-27-21-20(22(31)28-23)14-26-30(21)19-10-4-3-5-11-19/h3-11,14H,12-13,15-16H2,1-2H3,(H2,25,27,28,31). The molecule has 4 aromatic rings. The van der Waals surface area contributed by atoms with Crippen LogP contribution in [-0.4, -0.2) is 43.3 Å². The van der Waals surface area contributed by atoms with E-state index in [-0.39, 0.29) is 11.1 Å². The summed E-state index contributed by atoms with van der Waals surface area (Å²) < 4.78 is 1.70. The lowest BCUT2D eigenvalue weighted by molar-refractivity contribution is 0.115. The number of anilines is 1. The number of hydrogen-bond donors (Lipinski definition) is 2. The highest BCUT2D eigenvalue weighted by atomic mass is 16.1. The van der Waals surface area contributed by atoms with Gasteiger partial charge in [0.15, 0.2) is 5.65 Å². The summed E-state index contributed by atoms with van der Waals surface area (Å²) in [6, 6.07) is 18.4. The molecular formula is C24H26N6O. The van der Waals surface area contributed by atoms with Crippen molar-refractivity contribution >= 4 is 17.0 Å². The highest BCUT2D eigenvalue weighted by molar-refractivity contribution is 5.76. The van der Waals surface area contributed by atoms with Gasteiger partial charge in [0.05, 0.1) is 11.9 Å². The monoisotopic (exact) mass is 414 g/mol. The summed E-state index contributed by atoms with van der Waals surface area (Å²) in [5.41, 5.74) is 3.94. The van der Waals surface area contributed by atoms with E-state index in [1.807, 2.05) is 30.3 Å². The minimum absolute atomic E-state index is 0.110. The predicted molar refractivity (Wildman–Crippen MR) is 123 cm³/mol. The van der Waals surface area contributed by atoms with Gasteiger partial charge in [-0.1, -0.05) is 42.5 Å². The van der Waals surface area contributed by atoms with E-state index in [4.69, 9.17) is 0 Å². The van der Waals surface area contributed by atoms with Gasteiger partial charge < -0.3 is 5.32 Å². The fourth-order valence-corrected chi connectivity index (χ4v) is 4.18. The van der Waals surface area contributed by atoms with Crippen molar-refractivity contribution in [3.8, 4) is 5.69 Å². The molecule has 3 heterocycles. The van der Waals surface area contributed by atoms with Gasteiger partial charge in [0.25, 0.3) is 5.56 Å². The molecule has 31 heavy (non-hydrogen) atoms. The van der Waals surface area contributed by atoms with Crippen molar-refractivity contribution < 1.29 is 0 Å². The molecular weight excluding hydrogens is 388 g/mol. The molecule has 0 saturated heterocycles. The zero-order chi connectivity index (χ0) is 21.4. The third-order valence-corrected chi connectivity index (χ3v) is 6.11. The van der Waals surface area contributed by atoms with Crippen LogP contribution in [0.3, 0.4) is 0 Å². The van der Waals surface area contributed by atoms with Crippen LogP contribution >= 0.6 is 0 Å². The fourth-order valence-electron chi connectivity index (χ4n) is 4.18. The molecule has 1 aliphatic rings. The first-order valence-corrected chi connectivity index (χ1v) is 10.6. The summed E-state index contributed by atoms with van der Waals surface area (Å²) in [6.45, 7) is 7.03. The number of aromatic nitrogens is 4. The van der Waals surface area contributed by atoms with E-state index < -0.39 is 0 Å². The van der Waals surface area contributed by atoms with Crippen LogP contribution in [0.5, 0.6) is 0 Å². The van der Waals surface area contributed by atoms with Crippen molar-refractivity contribution in [1.29, 1.82) is 0 Å². The number of rotatable bonds is 5. The van der Waals surface area contributed by atoms with E-state index >= 15 is 0 Å². The molecule has 0 aliphatic carbocycles. The number of para-hydroxylation sites is 1. The number of aromatic amines is 1. The van der Waals surface area contributed by atoms with E-state index in [0.717, 1.165) is 25.2 Å². The van der Waals surface area contributed by atoms with Crippen LogP contribution in [0.1, 0.15) is 25.0 Å². The van der Waals surface area contributed by atoms with Gasteiger partial charge in [-0.05, 0) is 43.5 Å². The molecule has 1 aliphatic heterocycles. The number of H-pyrrole nitrogens is 1. The van der Waals surface area contributed by atoms with Crippen molar-refractivity contribution in [3.63, 3.8) is 0 Å². The van der Waals surface area contributed by atoms with Crippen LogP contribution in [0.15, 0.2) is 65.6 Å². The molecule has 5 rings (SSSR count). The zero-order valence-corrected chi connectivity index (χ0v) is 17.8. The lowest BCUT2D eigenvalue weighted by Gasteiger charge is -2.41. The normalized spacial score (nSPS) is 14.5. The fraction of sp³-hybridized carbons (Fsp3) is 0.292. The maximum absolute atomic E-state index is 12.6. The Balaban J connectivity index is 1.38. The van der Waals surface area contributed by atoms with Crippen LogP contribution in [-0.2, 0) is 13.0 Å². The molecule has 2 N–H and O–H groups in total. The van der Waals surface area contributed by atoms with Crippen molar-refractivity contribution in [2.24, 2.45) is 0 Å². The molecule has 0 saturated carbocycles. The summed E-state index contributed by atoms with van der Waals surface area (Å²) in [4.78, 5) is 22.6. The highest BCUT2D eigenvalue weighted by Gasteiger charge is 2.29. The van der Waals surface area contributed by atoms with Crippen LogP contribution in [0, 0.1) is 0 Å². The van der Waals surface area contributed by atoms with Crippen LogP contribution < -0.4 is 10.9 Å². The summed E-state index contributed by atoms with van der Waals surface area (Å²) in [5.74, 6) is 0.459. The average Bonchev–Trinajstić information content (AvgIpc) is 3.23. The summed E-state index contributed by atoms with van der Waals surface area (Å²) in [6.07, 6.45) is 2.62. The number of nitrogens with zero attached hydrogens (tertiary/aromatic N) is 4. The van der Waals surface area contributed by atoms with Gasteiger partial charge in [-0.2, -0.15) is 10.1 Å². The van der Waals surface area contributed by atoms with Crippen molar-refractivity contribution in [2.45, 2.75) is 32.4 Å². The second-order valence-electron chi connectivity index (χ2n) is 8.65. The molecule has 0 fully saturated rings. The Labute approximate surface area is 180 Å². The Hall–Kier alpha value is -3.45. The number of hydrogen-bond acceptors (Lipinski definition) is 5.